The van der Waals surface area contributed by atoms with Crippen LogP contribution in [0.5, 0.6) is 0 Å². The number of carbonyl (C=O) groups excluding carboxylic acids is 1. The molecule has 3 rings (SSSR count). The Bertz CT molecular complexity index is 824. The molecule has 1 amide bonds. The van der Waals surface area contributed by atoms with Gasteiger partial charge in [-0.3, -0.25) is 4.79 Å². The van der Waals surface area contributed by atoms with Crippen molar-refractivity contribution < 1.29 is 4.79 Å². The fourth-order valence-electron chi connectivity index (χ4n) is 3.44. The lowest BCUT2D eigenvalue weighted by Crippen LogP contribution is -2.37. The molecular formula is C22H32N6O. The van der Waals surface area contributed by atoms with Crippen LogP contribution in [-0.4, -0.2) is 34.5 Å². The Balaban J connectivity index is 1.59. The molecule has 0 spiro atoms. The number of anilines is 1. The minimum atomic E-state index is 0.213. The molecular weight excluding hydrogens is 364 g/mol. The standard InChI is InChI=1S/C22H32N6O/c1-4-23-22(26-15-20-24-11-13-27(20)16-17(2)3)25-14-18-7-9-19(10-8-18)28-12-5-6-21(28)29/h7-11,13,17H,4-6,12,14-16H2,1-3H3,(H2,23,25,26). The van der Waals surface area contributed by atoms with Crippen LogP contribution in [0.3, 0.4) is 0 Å². The summed E-state index contributed by atoms with van der Waals surface area (Å²) in [5, 5.41) is 6.66. The van der Waals surface area contributed by atoms with Gasteiger partial charge in [-0.1, -0.05) is 26.0 Å². The molecule has 0 radical (unpaired) electrons. The molecule has 0 unspecified atom stereocenters. The molecule has 0 atom stereocenters. The monoisotopic (exact) mass is 396 g/mol. The average Bonchev–Trinajstić information content (AvgIpc) is 3.32. The second kappa shape index (κ2) is 10.1. The summed E-state index contributed by atoms with van der Waals surface area (Å²) in [5.74, 6) is 2.56. The second-order valence-electron chi connectivity index (χ2n) is 7.75. The van der Waals surface area contributed by atoms with Gasteiger partial charge < -0.3 is 20.1 Å². The van der Waals surface area contributed by atoms with E-state index in [4.69, 9.17) is 4.99 Å². The number of rotatable bonds is 8. The van der Waals surface area contributed by atoms with Crippen molar-refractivity contribution in [1.29, 1.82) is 0 Å². The summed E-state index contributed by atoms with van der Waals surface area (Å²) in [5.41, 5.74) is 2.08. The Morgan fingerprint density at radius 1 is 1.24 bits per heavy atom. The molecule has 2 heterocycles. The molecule has 1 saturated heterocycles. The van der Waals surface area contributed by atoms with Gasteiger partial charge in [0.15, 0.2) is 5.96 Å². The van der Waals surface area contributed by atoms with Crippen molar-refractivity contribution in [3.63, 3.8) is 0 Å². The zero-order valence-corrected chi connectivity index (χ0v) is 17.7. The van der Waals surface area contributed by atoms with Crippen LogP contribution in [-0.2, 0) is 24.4 Å². The predicted octanol–water partition coefficient (Wildman–Crippen LogP) is 2.92. The Hall–Kier alpha value is -2.83. The van der Waals surface area contributed by atoms with Gasteiger partial charge in [-0.25, -0.2) is 9.98 Å². The normalized spacial score (nSPS) is 14.7. The molecule has 7 heteroatoms. The van der Waals surface area contributed by atoms with Crippen molar-refractivity contribution >= 4 is 17.6 Å². The lowest BCUT2D eigenvalue weighted by molar-refractivity contribution is -0.117. The summed E-state index contributed by atoms with van der Waals surface area (Å²) in [6.07, 6.45) is 5.46. The highest BCUT2D eigenvalue weighted by atomic mass is 16.2. The van der Waals surface area contributed by atoms with E-state index in [9.17, 15) is 4.79 Å². The first-order chi connectivity index (χ1) is 14.1. The van der Waals surface area contributed by atoms with E-state index in [2.05, 4.69) is 41.0 Å². The molecule has 0 saturated carbocycles. The number of carbonyl (C=O) groups is 1. The van der Waals surface area contributed by atoms with Gasteiger partial charge in [0.25, 0.3) is 0 Å². The van der Waals surface area contributed by atoms with E-state index in [1.807, 2.05) is 41.6 Å². The van der Waals surface area contributed by atoms with E-state index in [0.29, 0.717) is 25.4 Å². The van der Waals surface area contributed by atoms with Crippen LogP contribution in [0.2, 0.25) is 0 Å². The number of hydrogen-bond donors (Lipinski definition) is 2. The van der Waals surface area contributed by atoms with E-state index in [1.54, 1.807) is 0 Å². The number of amides is 1. The molecule has 7 nitrogen and oxygen atoms in total. The van der Waals surface area contributed by atoms with Gasteiger partial charge in [-0.15, -0.1) is 0 Å². The number of nitrogens with one attached hydrogen (secondary N) is 2. The zero-order valence-electron chi connectivity index (χ0n) is 17.7. The first kappa shape index (κ1) is 20.9. The van der Waals surface area contributed by atoms with Crippen LogP contribution < -0.4 is 15.5 Å². The number of aromatic nitrogens is 2. The van der Waals surface area contributed by atoms with E-state index >= 15 is 0 Å². The van der Waals surface area contributed by atoms with Gasteiger partial charge in [0, 0.05) is 44.1 Å². The van der Waals surface area contributed by atoms with Gasteiger partial charge in [0.1, 0.15) is 5.82 Å². The minimum Gasteiger partial charge on any atom is -0.357 e. The van der Waals surface area contributed by atoms with E-state index in [1.165, 1.54) is 0 Å². The summed E-state index contributed by atoms with van der Waals surface area (Å²) in [7, 11) is 0. The quantitative estimate of drug-likeness (QED) is 0.531. The fourth-order valence-corrected chi connectivity index (χ4v) is 3.44. The Morgan fingerprint density at radius 2 is 2.03 bits per heavy atom. The van der Waals surface area contributed by atoms with Crippen LogP contribution in [0, 0.1) is 5.92 Å². The van der Waals surface area contributed by atoms with Crippen LogP contribution in [0.25, 0.3) is 0 Å². The maximum absolute atomic E-state index is 11.9. The molecule has 2 aromatic rings. The van der Waals surface area contributed by atoms with E-state index < -0.39 is 0 Å². The third kappa shape index (κ3) is 5.82. The van der Waals surface area contributed by atoms with Crippen LogP contribution in [0.15, 0.2) is 41.7 Å². The van der Waals surface area contributed by atoms with Crippen molar-refractivity contribution in [3.05, 3.63) is 48.0 Å². The fraction of sp³-hybridized carbons (Fsp3) is 0.500. The number of hydrogen-bond acceptors (Lipinski definition) is 3. The number of aliphatic imine (C=N–C) groups is 1. The maximum Gasteiger partial charge on any atom is 0.227 e. The summed E-state index contributed by atoms with van der Waals surface area (Å²) >= 11 is 0. The lowest BCUT2D eigenvalue weighted by Gasteiger charge is -2.16. The second-order valence-corrected chi connectivity index (χ2v) is 7.75. The van der Waals surface area contributed by atoms with Crippen molar-refractivity contribution in [2.45, 2.75) is 53.2 Å². The van der Waals surface area contributed by atoms with Crippen molar-refractivity contribution in [1.82, 2.24) is 20.2 Å². The number of benzene rings is 1. The van der Waals surface area contributed by atoms with Crippen LogP contribution in [0.1, 0.15) is 45.0 Å². The Kier molecular flexibility index (Phi) is 7.27. The average molecular weight is 397 g/mol. The van der Waals surface area contributed by atoms with Crippen molar-refractivity contribution in [2.24, 2.45) is 10.9 Å². The molecule has 156 valence electrons. The minimum absolute atomic E-state index is 0.213. The Labute approximate surface area is 173 Å². The molecule has 0 aliphatic carbocycles. The van der Waals surface area contributed by atoms with Gasteiger partial charge in [-0.05, 0) is 37.0 Å². The number of imidazole rings is 1. The highest BCUT2D eigenvalue weighted by molar-refractivity contribution is 5.95. The third-order valence-corrected chi connectivity index (χ3v) is 4.86. The zero-order chi connectivity index (χ0) is 20.6. The topological polar surface area (TPSA) is 74.6 Å². The highest BCUT2D eigenvalue weighted by Crippen LogP contribution is 2.21. The summed E-state index contributed by atoms with van der Waals surface area (Å²) in [4.78, 5) is 22.9. The summed E-state index contributed by atoms with van der Waals surface area (Å²) in [6, 6.07) is 8.11. The number of nitrogens with zero attached hydrogens (tertiary/aromatic N) is 4. The Morgan fingerprint density at radius 3 is 2.69 bits per heavy atom. The van der Waals surface area contributed by atoms with Gasteiger partial charge in [-0.2, -0.15) is 0 Å². The van der Waals surface area contributed by atoms with Gasteiger partial charge >= 0.3 is 0 Å². The van der Waals surface area contributed by atoms with Gasteiger partial charge in [0.2, 0.25) is 5.91 Å². The molecule has 1 aliphatic rings. The molecule has 2 N–H and O–H groups in total. The lowest BCUT2D eigenvalue weighted by atomic mass is 10.2. The molecule has 1 aromatic heterocycles. The van der Waals surface area contributed by atoms with E-state index in [-0.39, 0.29) is 5.91 Å². The first-order valence-corrected chi connectivity index (χ1v) is 10.5. The molecule has 29 heavy (non-hydrogen) atoms. The molecule has 1 fully saturated rings. The predicted molar refractivity (Wildman–Crippen MR) is 117 cm³/mol. The highest BCUT2D eigenvalue weighted by Gasteiger charge is 2.21. The number of guanidine groups is 1. The van der Waals surface area contributed by atoms with Crippen molar-refractivity contribution in [2.75, 3.05) is 18.0 Å². The molecule has 0 bridgehead atoms. The first-order valence-electron chi connectivity index (χ1n) is 10.5. The molecule has 1 aromatic carbocycles. The van der Waals surface area contributed by atoms with Crippen LogP contribution >= 0.6 is 0 Å². The smallest absolute Gasteiger partial charge is 0.227 e. The largest absolute Gasteiger partial charge is 0.357 e. The summed E-state index contributed by atoms with van der Waals surface area (Å²) < 4.78 is 2.18. The van der Waals surface area contributed by atoms with E-state index in [0.717, 1.165) is 49.1 Å². The van der Waals surface area contributed by atoms with Gasteiger partial charge in [0.05, 0.1) is 13.1 Å². The molecule has 1 aliphatic heterocycles. The third-order valence-electron chi connectivity index (χ3n) is 4.86. The SMILES string of the molecule is CCNC(=NCc1ccc(N2CCCC2=O)cc1)NCc1nccn1CC(C)C. The van der Waals surface area contributed by atoms with Crippen LogP contribution in [0.4, 0.5) is 5.69 Å². The summed E-state index contributed by atoms with van der Waals surface area (Å²) in [6.45, 7) is 10.2. The maximum atomic E-state index is 11.9. The van der Waals surface area contributed by atoms with Crippen molar-refractivity contribution in [3.8, 4) is 0 Å².